The summed E-state index contributed by atoms with van der Waals surface area (Å²) in [6, 6.07) is -0.672. The van der Waals surface area contributed by atoms with Crippen molar-refractivity contribution in [3.63, 3.8) is 0 Å². The number of rotatable bonds is 8. The lowest BCUT2D eigenvalue weighted by Gasteiger charge is -2.39. The molecule has 1 rings (SSSR count). The molecule has 1 aliphatic heterocycles. The van der Waals surface area contributed by atoms with Gasteiger partial charge >= 0.3 is 0 Å². The Labute approximate surface area is 129 Å². The summed E-state index contributed by atoms with van der Waals surface area (Å²) in [6.45, 7) is 11.1. The van der Waals surface area contributed by atoms with Gasteiger partial charge in [0.15, 0.2) is 0 Å². The molecule has 2 amide bonds. The fraction of sp³-hybridized carbons (Fsp3) is 0.882. The van der Waals surface area contributed by atoms with E-state index in [2.05, 4.69) is 33.0 Å². The van der Waals surface area contributed by atoms with Gasteiger partial charge < -0.3 is 10.2 Å². The van der Waals surface area contributed by atoms with Crippen molar-refractivity contribution < 1.29 is 9.59 Å². The Kier molecular flexibility index (Phi) is 7.20. The third kappa shape index (κ3) is 5.01. The van der Waals surface area contributed by atoms with Crippen molar-refractivity contribution in [2.24, 2.45) is 11.8 Å². The summed E-state index contributed by atoms with van der Waals surface area (Å²) < 4.78 is 0. The van der Waals surface area contributed by atoms with E-state index in [1.165, 1.54) is 12.8 Å². The van der Waals surface area contributed by atoms with E-state index in [1.54, 1.807) is 0 Å². The Balaban J connectivity index is 2.75. The summed E-state index contributed by atoms with van der Waals surface area (Å²) >= 11 is 0. The number of amides is 2. The molecule has 1 heterocycles. The number of hydrogen-bond acceptors (Lipinski definition) is 2. The molecule has 0 aromatic heterocycles. The average molecular weight is 296 g/mol. The summed E-state index contributed by atoms with van der Waals surface area (Å²) in [5.74, 6) is 0.995. The van der Waals surface area contributed by atoms with Crippen molar-refractivity contribution in [1.29, 1.82) is 0 Å². The van der Waals surface area contributed by atoms with E-state index >= 15 is 0 Å². The van der Waals surface area contributed by atoms with Gasteiger partial charge in [0.05, 0.1) is 0 Å². The van der Waals surface area contributed by atoms with E-state index in [1.807, 2.05) is 11.8 Å². The zero-order valence-corrected chi connectivity index (χ0v) is 14.3. The second-order valence-electron chi connectivity index (χ2n) is 6.77. The van der Waals surface area contributed by atoms with E-state index in [4.69, 9.17) is 0 Å². The number of piperazine rings is 1. The lowest BCUT2D eigenvalue weighted by atomic mass is 9.94. The molecule has 21 heavy (non-hydrogen) atoms. The van der Waals surface area contributed by atoms with Gasteiger partial charge in [0.1, 0.15) is 12.1 Å². The van der Waals surface area contributed by atoms with Crippen molar-refractivity contribution in [1.82, 2.24) is 10.2 Å². The van der Waals surface area contributed by atoms with Crippen LogP contribution < -0.4 is 5.32 Å². The van der Waals surface area contributed by atoms with Crippen LogP contribution >= 0.6 is 0 Å². The summed E-state index contributed by atoms with van der Waals surface area (Å²) in [5.41, 5.74) is 0. The maximum atomic E-state index is 12.7. The number of hydrogen-bond donors (Lipinski definition) is 1. The smallest absolute Gasteiger partial charge is 0.245 e. The maximum Gasteiger partial charge on any atom is 0.245 e. The van der Waals surface area contributed by atoms with Crippen LogP contribution in [0.3, 0.4) is 0 Å². The van der Waals surface area contributed by atoms with E-state index in [0.29, 0.717) is 11.8 Å². The van der Waals surface area contributed by atoms with Crippen molar-refractivity contribution >= 4 is 11.8 Å². The predicted molar refractivity (Wildman–Crippen MR) is 85.9 cm³/mol. The number of carbonyl (C=O) groups is 2. The lowest BCUT2D eigenvalue weighted by Crippen LogP contribution is -2.63. The van der Waals surface area contributed by atoms with E-state index in [-0.39, 0.29) is 23.9 Å². The van der Waals surface area contributed by atoms with E-state index < -0.39 is 0 Å². The Hall–Kier alpha value is -1.06. The van der Waals surface area contributed by atoms with Crippen LogP contribution in [0.2, 0.25) is 0 Å². The van der Waals surface area contributed by atoms with E-state index in [0.717, 1.165) is 25.8 Å². The van der Waals surface area contributed by atoms with Crippen LogP contribution in [0.5, 0.6) is 0 Å². The highest BCUT2D eigenvalue weighted by molar-refractivity contribution is 5.96. The largest absolute Gasteiger partial charge is 0.343 e. The van der Waals surface area contributed by atoms with Gasteiger partial charge in [-0.1, -0.05) is 47.0 Å². The number of unbranched alkanes of at least 4 members (excludes halogenated alkanes) is 1. The van der Waals surface area contributed by atoms with Gasteiger partial charge in [0, 0.05) is 6.54 Å². The first-order chi connectivity index (χ1) is 9.90. The second-order valence-corrected chi connectivity index (χ2v) is 6.77. The molecular weight excluding hydrogens is 264 g/mol. The predicted octanol–water partition coefficient (Wildman–Crippen LogP) is 2.96. The Morgan fingerprint density at radius 1 is 1.24 bits per heavy atom. The molecule has 0 bridgehead atoms. The van der Waals surface area contributed by atoms with Gasteiger partial charge in [-0.15, -0.1) is 0 Å². The van der Waals surface area contributed by atoms with Crippen LogP contribution in [0.25, 0.3) is 0 Å². The van der Waals surface area contributed by atoms with Gasteiger partial charge in [0.25, 0.3) is 0 Å². The lowest BCUT2D eigenvalue weighted by molar-refractivity contribution is -0.149. The molecule has 0 aliphatic carbocycles. The minimum Gasteiger partial charge on any atom is -0.343 e. The number of carbonyl (C=O) groups excluding carboxylic acids is 2. The van der Waals surface area contributed by atoms with Gasteiger partial charge in [-0.25, -0.2) is 0 Å². The SMILES string of the molecule is CCCCC(CC)CN1C(=O)C(CC(C)C)NC(=O)C1C. The quantitative estimate of drug-likeness (QED) is 0.748. The Morgan fingerprint density at radius 2 is 1.90 bits per heavy atom. The van der Waals surface area contributed by atoms with Gasteiger partial charge in [-0.3, -0.25) is 9.59 Å². The highest BCUT2D eigenvalue weighted by Crippen LogP contribution is 2.20. The summed E-state index contributed by atoms with van der Waals surface area (Å²) in [4.78, 5) is 26.6. The maximum absolute atomic E-state index is 12.7. The molecule has 0 aromatic rings. The molecule has 1 aliphatic rings. The molecule has 4 heteroatoms. The Bertz CT molecular complexity index is 355. The topological polar surface area (TPSA) is 49.4 Å². The number of nitrogens with zero attached hydrogens (tertiary/aromatic N) is 1. The minimum atomic E-state index is -0.336. The summed E-state index contributed by atoms with van der Waals surface area (Å²) in [6.07, 6.45) is 5.29. The molecule has 4 nitrogen and oxygen atoms in total. The van der Waals surface area contributed by atoms with Gasteiger partial charge in [-0.05, 0) is 31.6 Å². The third-order valence-corrected chi connectivity index (χ3v) is 4.45. The molecule has 3 unspecified atom stereocenters. The van der Waals surface area contributed by atoms with Crippen LogP contribution in [0.1, 0.15) is 66.7 Å². The molecule has 122 valence electrons. The fourth-order valence-corrected chi connectivity index (χ4v) is 2.96. The van der Waals surface area contributed by atoms with Crippen LogP contribution in [0, 0.1) is 11.8 Å². The van der Waals surface area contributed by atoms with Crippen molar-refractivity contribution in [2.45, 2.75) is 78.8 Å². The molecule has 0 saturated carbocycles. The van der Waals surface area contributed by atoms with E-state index in [9.17, 15) is 9.59 Å². The first kappa shape index (κ1) is 18.0. The normalized spacial score (nSPS) is 24.4. The Morgan fingerprint density at radius 3 is 2.43 bits per heavy atom. The first-order valence-corrected chi connectivity index (χ1v) is 8.51. The summed E-state index contributed by atoms with van der Waals surface area (Å²) in [7, 11) is 0. The second kappa shape index (κ2) is 8.40. The first-order valence-electron chi connectivity index (χ1n) is 8.51. The standard InChI is InChI=1S/C17H32N2O2/c1-6-8-9-14(7-2)11-19-13(5)16(20)18-15(17(19)21)10-12(3)4/h12-15H,6-11H2,1-5H3,(H,18,20). The number of nitrogens with one attached hydrogen (secondary N) is 1. The monoisotopic (exact) mass is 296 g/mol. The molecule has 3 atom stereocenters. The summed E-state index contributed by atoms with van der Waals surface area (Å²) in [5, 5.41) is 2.88. The molecule has 1 fully saturated rings. The molecule has 0 radical (unpaired) electrons. The fourth-order valence-electron chi connectivity index (χ4n) is 2.96. The van der Waals surface area contributed by atoms with Crippen molar-refractivity contribution in [3.8, 4) is 0 Å². The van der Waals surface area contributed by atoms with Crippen LogP contribution in [-0.4, -0.2) is 35.3 Å². The molecule has 1 saturated heterocycles. The highest BCUT2D eigenvalue weighted by atomic mass is 16.2. The van der Waals surface area contributed by atoms with Crippen LogP contribution in [0.15, 0.2) is 0 Å². The van der Waals surface area contributed by atoms with Crippen LogP contribution in [0.4, 0.5) is 0 Å². The van der Waals surface area contributed by atoms with Gasteiger partial charge in [-0.2, -0.15) is 0 Å². The third-order valence-electron chi connectivity index (χ3n) is 4.45. The average Bonchev–Trinajstić information content (AvgIpc) is 2.43. The zero-order valence-electron chi connectivity index (χ0n) is 14.3. The van der Waals surface area contributed by atoms with Crippen LogP contribution in [-0.2, 0) is 9.59 Å². The van der Waals surface area contributed by atoms with Crippen molar-refractivity contribution in [3.05, 3.63) is 0 Å². The molecule has 0 aromatic carbocycles. The van der Waals surface area contributed by atoms with Gasteiger partial charge in [0.2, 0.25) is 11.8 Å². The molecule has 1 N–H and O–H groups in total. The minimum absolute atomic E-state index is 0.00871. The zero-order chi connectivity index (χ0) is 16.0. The highest BCUT2D eigenvalue weighted by Gasteiger charge is 2.38. The molecular formula is C17H32N2O2. The molecule has 0 spiro atoms. The van der Waals surface area contributed by atoms with Crippen molar-refractivity contribution in [2.75, 3.05) is 6.54 Å².